The second kappa shape index (κ2) is 8.65. The second-order valence-electron chi connectivity index (χ2n) is 12.8. The van der Waals surface area contributed by atoms with E-state index in [2.05, 4.69) is 11.8 Å². The summed E-state index contributed by atoms with van der Waals surface area (Å²) in [4.78, 5) is 15.8. The molecule has 5 nitrogen and oxygen atoms in total. The first-order valence-electron chi connectivity index (χ1n) is 14.3. The van der Waals surface area contributed by atoms with E-state index >= 15 is 0 Å². The van der Waals surface area contributed by atoms with Crippen molar-refractivity contribution in [3.63, 3.8) is 0 Å². The minimum Gasteiger partial charge on any atom is -0.462 e. The van der Waals surface area contributed by atoms with Crippen molar-refractivity contribution in [1.29, 1.82) is 0 Å². The number of likely N-dealkylation sites (tertiary alicyclic amines) is 1. The molecular formula is C32H39NO4. The van der Waals surface area contributed by atoms with E-state index in [-0.39, 0.29) is 41.0 Å². The number of nitrogens with zero attached hydrogens (tertiary/aromatic N) is 1. The van der Waals surface area contributed by atoms with Crippen molar-refractivity contribution in [2.75, 3.05) is 19.7 Å². The molecule has 5 fully saturated rings. The minimum absolute atomic E-state index is 0.0239. The standard InChI is InChI=1S/C32H39NO4/c1-30-15-9-16-31(21-36-31)27(30)18-24-25(29(34)37-26(24)19-30)20-33-17-8-14-28(33)32(35,22-10-4-2-5-11-22)23-12-6-3-7-13-23/h2-7,10-13,24-28,35H,8-9,14-21H2,1H3/t24-,25-,26-,27-,28-,30-,31-/m1/s1. The molecule has 3 saturated heterocycles. The Bertz CT molecular complexity index is 1110. The number of carbonyl (C=O) groups excluding carboxylic acids is 1. The average molecular weight is 502 g/mol. The van der Waals surface area contributed by atoms with Crippen LogP contribution in [0, 0.1) is 23.2 Å². The topological polar surface area (TPSA) is 62.3 Å². The normalized spacial score (nSPS) is 39.3. The van der Waals surface area contributed by atoms with Crippen molar-refractivity contribution in [3.05, 3.63) is 71.8 Å². The Morgan fingerprint density at radius 1 is 1.03 bits per heavy atom. The molecule has 7 rings (SSSR count). The Kier molecular flexibility index (Phi) is 5.58. The van der Waals surface area contributed by atoms with Crippen LogP contribution in [0.1, 0.15) is 63.0 Å². The molecule has 37 heavy (non-hydrogen) atoms. The van der Waals surface area contributed by atoms with Gasteiger partial charge in [0.05, 0.1) is 18.1 Å². The van der Waals surface area contributed by atoms with E-state index in [9.17, 15) is 9.90 Å². The van der Waals surface area contributed by atoms with Gasteiger partial charge in [-0.3, -0.25) is 9.69 Å². The highest BCUT2D eigenvalue weighted by Crippen LogP contribution is 2.63. The lowest BCUT2D eigenvalue weighted by Gasteiger charge is -2.51. The molecule has 5 aliphatic rings. The number of ether oxygens (including phenoxy) is 2. The summed E-state index contributed by atoms with van der Waals surface area (Å²) in [6, 6.07) is 20.0. The summed E-state index contributed by atoms with van der Waals surface area (Å²) in [7, 11) is 0. The fourth-order valence-electron chi connectivity index (χ4n) is 8.87. The van der Waals surface area contributed by atoms with Crippen molar-refractivity contribution >= 4 is 5.97 Å². The molecular weight excluding hydrogens is 462 g/mol. The highest BCUT2D eigenvalue weighted by molar-refractivity contribution is 5.75. The van der Waals surface area contributed by atoms with Crippen molar-refractivity contribution in [2.45, 2.75) is 75.2 Å². The highest BCUT2D eigenvalue weighted by atomic mass is 16.6. The molecule has 2 aliphatic carbocycles. The van der Waals surface area contributed by atoms with Crippen molar-refractivity contribution < 1.29 is 19.4 Å². The largest absolute Gasteiger partial charge is 0.462 e. The first kappa shape index (κ1) is 23.9. The van der Waals surface area contributed by atoms with Crippen LogP contribution in [-0.4, -0.2) is 53.4 Å². The quantitative estimate of drug-likeness (QED) is 0.466. The Labute approximate surface area is 220 Å². The molecule has 2 aromatic rings. The Balaban J connectivity index is 1.18. The highest BCUT2D eigenvalue weighted by Gasteiger charge is 2.65. The number of benzene rings is 2. The van der Waals surface area contributed by atoms with Gasteiger partial charge >= 0.3 is 5.97 Å². The van der Waals surface area contributed by atoms with E-state index in [1.807, 2.05) is 60.7 Å². The number of esters is 1. The van der Waals surface area contributed by atoms with Crippen LogP contribution in [0.4, 0.5) is 0 Å². The summed E-state index contributed by atoms with van der Waals surface area (Å²) in [5.41, 5.74) is 0.955. The zero-order valence-electron chi connectivity index (χ0n) is 21.9. The van der Waals surface area contributed by atoms with E-state index in [4.69, 9.17) is 9.47 Å². The van der Waals surface area contributed by atoms with Crippen LogP contribution in [0.3, 0.4) is 0 Å². The number of hydrogen-bond acceptors (Lipinski definition) is 5. The number of aliphatic hydroxyl groups is 1. The van der Waals surface area contributed by atoms with E-state index in [0.717, 1.165) is 50.0 Å². The van der Waals surface area contributed by atoms with Gasteiger partial charge in [-0.1, -0.05) is 67.6 Å². The van der Waals surface area contributed by atoms with E-state index in [0.29, 0.717) is 12.5 Å². The molecule has 0 amide bonds. The Morgan fingerprint density at radius 2 is 1.70 bits per heavy atom. The third-order valence-corrected chi connectivity index (χ3v) is 10.8. The first-order valence-corrected chi connectivity index (χ1v) is 14.3. The predicted molar refractivity (Wildman–Crippen MR) is 141 cm³/mol. The number of epoxide rings is 1. The van der Waals surface area contributed by atoms with Gasteiger partial charge in [0.2, 0.25) is 0 Å². The van der Waals surface area contributed by atoms with Gasteiger partial charge in [0.25, 0.3) is 0 Å². The maximum Gasteiger partial charge on any atom is 0.310 e. The van der Waals surface area contributed by atoms with Crippen LogP contribution < -0.4 is 0 Å². The monoisotopic (exact) mass is 501 g/mol. The van der Waals surface area contributed by atoms with E-state index in [1.54, 1.807) is 0 Å². The molecule has 2 aromatic carbocycles. The number of rotatable bonds is 5. The molecule has 0 aromatic heterocycles. The lowest BCUT2D eigenvalue weighted by Crippen LogP contribution is -2.53. The summed E-state index contributed by atoms with van der Waals surface area (Å²) < 4.78 is 12.2. The summed E-state index contributed by atoms with van der Waals surface area (Å²) in [6.45, 7) is 4.85. The van der Waals surface area contributed by atoms with Gasteiger partial charge < -0.3 is 14.6 Å². The molecule has 2 saturated carbocycles. The third kappa shape index (κ3) is 3.72. The SMILES string of the molecule is C[C@]12CCC[C@@]3(CO3)[C@@H]1C[C@H]1[C@@H](C2)OC(=O)[C@@H]1CN1CCC[C@@H]1C(O)(c1ccccc1)c1ccccc1. The van der Waals surface area contributed by atoms with E-state index < -0.39 is 5.60 Å². The lowest BCUT2D eigenvalue weighted by molar-refractivity contribution is -0.147. The summed E-state index contributed by atoms with van der Waals surface area (Å²) in [6.07, 6.45) is 7.52. The molecule has 196 valence electrons. The Morgan fingerprint density at radius 3 is 2.35 bits per heavy atom. The zero-order valence-corrected chi connectivity index (χ0v) is 21.9. The molecule has 3 heterocycles. The lowest BCUT2D eigenvalue weighted by atomic mass is 9.53. The first-order chi connectivity index (χ1) is 17.9. The average Bonchev–Trinajstić information content (AvgIpc) is 3.40. The molecule has 1 spiro atoms. The van der Waals surface area contributed by atoms with Gasteiger partial charge in [0.1, 0.15) is 11.7 Å². The zero-order chi connectivity index (χ0) is 25.3. The van der Waals surface area contributed by atoms with Gasteiger partial charge in [-0.05, 0) is 74.0 Å². The summed E-state index contributed by atoms with van der Waals surface area (Å²) in [5.74, 6) is 0.597. The van der Waals surface area contributed by atoms with Crippen LogP contribution >= 0.6 is 0 Å². The minimum atomic E-state index is -1.14. The molecule has 0 unspecified atom stereocenters. The van der Waals surface area contributed by atoms with Crippen molar-refractivity contribution in [1.82, 2.24) is 4.90 Å². The van der Waals surface area contributed by atoms with Gasteiger partial charge in [-0.2, -0.15) is 0 Å². The summed E-state index contributed by atoms with van der Waals surface area (Å²) in [5, 5.41) is 12.5. The number of carbonyl (C=O) groups is 1. The van der Waals surface area contributed by atoms with Crippen LogP contribution in [-0.2, 0) is 19.9 Å². The molecule has 3 aliphatic heterocycles. The smallest absolute Gasteiger partial charge is 0.310 e. The molecule has 0 radical (unpaired) electrons. The number of fused-ring (bicyclic) bond motifs is 3. The summed E-state index contributed by atoms with van der Waals surface area (Å²) >= 11 is 0. The van der Waals surface area contributed by atoms with Gasteiger partial charge in [-0.15, -0.1) is 0 Å². The van der Waals surface area contributed by atoms with Crippen LogP contribution in [0.15, 0.2) is 60.7 Å². The molecule has 5 heteroatoms. The maximum atomic E-state index is 13.4. The van der Waals surface area contributed by atoms with Crippen LogP contribution in [0.2, 0.25) is 0 Å². The van der Waals surface area contributed by atoms with E-state index in [1.165, 1.54) is 19.3 Å². The second-order valence-corrected chi connectivity index (χ2v) is 12.8. The van der Waals surface area contributed by atoms with Crippen LogP contribution in [0.5, 0.6) is 0 Å². The van der Waals surface area contributed by atoms with Gasteiger partial charge in [0, 0.05) is 18.5 Å². The third-order valence-electron chi connectivity index (χ3n) is 10.8. The fourth-order valence-corrected chi connectivity index (χ4v) is 8.87. The molecule has 0 bridgehead atoms. The number of hydrogen-bond donors (Lipinski definition) is 1. The Hall–Kier alpha value is -2.21. The molecule has 7 atom stereocenters. The van der Waals surface area contributed by atoms with Gasteiger partial charge in [0.15, 0.2) is 0 Å². The fraction of sp³-hybridized carbons (Fsp3) is 0.594. The van der Waals surface area contributed by atoms with Crippen molar-refractivity contribution in [2.24, 2.45) is 23.2 Å². The molecule has 1 N–H and O–H groups in total. The predicted octanol–water partition coefficient (Wildman–Crippen LogP) is 4.91. The van der Waals surface area contributed by atoms with Gasteiger partial charge in [-0.25, -0.2) is 0 Å². The maximum absolute atomic E-state index is 13.4. The van der Waals surface area contributed by atoms with Crippen molar-refractivity contribution in [3.8, 4) is 0 Å². The van der Waals surface area contributed by atoms with Crippen LogP contribution in [0.25, 0.3) is 0 Å².